The SMILES string of the molecule is CCOC(=O)C1(C(=O)OCC)C=C(C(C)=O)[C@H](c2ccc(OC)cc2)N1. The van der Waals surface area contributed by atoms with Gasteiger partial charge in [0.15, 0.2) is 5.78 Å². The van der Waals surface area contributed by atoms with Gasteiger partial charge in [0.25, 0.3) is 0 Å². The van der Waals surface area contributed by atoms with Gasteiger partial charge in [0, 0.05) is 5.57 Å². The first-order chi connectivity index (χ1) is 12.4. The molecule has 0 unspecified atom stereocenters. The second-order valence-electron chi connectivity index (χ2n) is 5.76. The number of nitrogens with one attached hydrogen (secondary N) is 1. The van der Waals surface area contributed by atoms with E-state index in [-0.39, 0.29) is 19.0 Å². The van der Waals surface area contributed by atoms with Crippen molar-refractivity contribution in [2.45, 2.75) is 32.4 Å². The molecule has 0 amide bonds. The number of rotatable bonds is 7. The largest absolute Gasteiger partial charge is 0.497 e. The minimum absolute atomic E-state index is 0.0954. The second kappa shape index (κ2) is 8.14. The van der Waals surface area contributed by atoms with E-state index in [9.17, 15) is 14.4 Å². The van der Waals surface area contributed by atoms with Crippen molar-refractivity contribution < 1.29 is 28.6 Å². The molecule has 1 atom stereocenters. The van der Waals surface area contributed by atoms with Crippen LogP contribution in [-0.2, 0) is 23.9 Å². The molecule has 26 heavy (non-hydrogen) atoms. The number of esters is 2. The molecule has 140 valence electrons. The third-order valence-corrected chi connectivity index (χ3v) is 4.11. The Morgan fingerprint density at radius 1 is 1.04 bits per heavy atom. The summed E-state index contributed by atoms with van der Waals surface area (Å²) < 4.78 is 15.3. The molecule has 0 radical (unpaired) electrons. The van der Waals surface area contributed by atoms with Gasteiger partial charge in [-0.25, -0.2) is 9.59 Å². The van der Waals surface area contributed by atoms with Crippen LogP contribution in [-0.4, -0.2) is 43.6 Å². The van der Waals surface area contributed by atoms with Crippen LogP contribution in [0.1, 0.15) is 32.4 Å². The summed E-state index contributed by atoms with van der Waals surface area (Å²) in [5, 5.41) is 2.96. The number of carbonyl (C=O) groups excluding carboxylic acids is 3. The summed E-state index contributed by atoms with van der Waals surface area (Å²) in [5.41, 5.74) is -0.837. The van der Waals surface area contributed by atoms with E-state index < -0.39 is 23.5 Å². The van der Waals surface area contributed by atoms with Gasteiger partial charge in [-0.15, -0.1) is 0 Å². The molecule has 0 fully saturated rings. The fraction of sp³-hybridized carbons (Fsp3) is 0.421. The molecule has 0 saturated carbocycles. The lowest BCUT2D eigenvalue weighted by molar-refractivity contribution is -0.162. The Morgan fingerprint density at radius 3 is 2.00 bits per heavy atom. The van der Waals surface area contributed by atoms with E-state index in [0.717, 1.165) is 0 Å². The summed E-state index contributed by atoms with van der Waals surface area (Å²) in [4.78, 5) is 37.3. The highest BCUT2D eigenvalue weighted by molar-refractivity contribution is 6.11. The lowest BCUT2D eigenvalue weighted by Crippen LogP contribution is -2.56. The van der Waals surface area contributed by atoms with Gasteiger partial charge in [0.05, 0.1) is 26.4 Å². The summed E-state index contributed by atoms with van der Waals surface area (Å²) in [5.74, 6) is -1.20. The molecular formula is C19H23NO6. The Balaban J connectivity index is 2.49. The molecule has 1 aliphatic heterocycles. The minimum atomic E-state index is -1.85. The van der Waals surface area contributed by atoms with E-state index in [1.807, 2.05) is 0 Å². The van der Waals surface area contributed by atoms with Gasteiger partial charge < -0.3 is 14.2 Å². The highest BCUT2D eigenvalue weighted by atomic mass is 16.6. The molecule has 1 heterocycles. The third kappa shape index (κ3) is 3.62. The first-order valence-corrected chi connectivity index (χ1v) is 8.39. The Bertz CT molecular complexity index is 704. The predicted octanol–water partition coefficient (Wildman–Crippen LogP) is 1.72. The van der Waals surface area contributed by atoms with E-state index in [1.54, 1.807) is 45.2 Å². The zero-order valence-corrected chi connectivity index (χ0v) is 15.3. The van der Waals surface area contributed by atoms with Gasteiger partial charge in [-0.05, 0) is 44.5 Å². The number of ketones is 1. The molecule has 0 saturated heterocycles. The number of carbonyl (C=O) groups is 3. The highest BCUT2D eigenvalue weighted by Crippen LogP contribution is 2.35. The summed E-state index contributed by atoms with van der Waals surface area (Å²) in [6.07, 6.45) is 1.32. The van der Waals surface area contributed by atoms with Crippen molar-refractivity contribution in [2.75, 3.05) is 20.3 Å². The maximum atomic E-state index is 12.6. The van der Waals surface area contributed by atoms with Crippen LogP contribution in [0.3, 0.4) is 0 Å². The van der Waals surface area contributed by atoms with Crippen molar-refractivity contribution in [3.8, 4) is 5.75 Å². The monoisotopic (exact) mass is 361 g/mol. The van der Waals surface area contributed by atoms with Crippen molar-refractivity contribution in [1.29, 1.82) is 0 Å². The average molecular weight is 361 g/mol. The summed E-state index contributed by atoms with van der Waals surface area (Å²) in [6, 6.07) is 6.36. The fourth-order valence-electron chi connectivity index (χ4n) is 2.84. The lowest BCUT2D eigenvalue weighted by Gasteiger charge is -2.26. The molecule has 1 aromatic rings. The van der Waals surface area contributed by atoms with E-state index in [4.69, 9.17) is 14.2 Å². The van der Waals surface area contributed by atoms with Crippen LogP contribution in [0.4, 0.5) is 0 Å². The average Bonchev–Trinajstić information content (AvgIpc) is 3.05. The van der Waals surface area contributed by atoms with Crippen molar-refractivity contribution in [2.24, 2.45) is 0 Å². The molecule has 7 heteroatoms. The van der Waals surface area contributed by atoms with Crippen LogP contribution in [0.15, 0.2) is 35.9 Å². The van der Waals surface area contributed by atoms with Crippen molar-refractivity contribution in [3.63, 3.8) is 0 Å². The normalized spacial score (nSPS) is 18.0. The molecule has 1 aromatic carbocycles. The Hall–Kier alpha value is -2.67. The Labute approximate surface area is 152 Å². The van der Waals surface area contributed by atoms with Crippen LogP contribution in [0, 0.1) is 0 Å². The number of hydrogen-bond donors (Lipinski definition) is 1. The molecule has 1 aliphatic rings. The maximum Gasteiger partial charge on any atom is 0.342 e. The first kappa shape index (κ1) is 19.7. The first-order valence-electron chi connectivity index (χ1n) is 8.39. The molecule has 1 N–H and O–H groups in total. The topological polar surface area (TPSA) is 90.9 Å². The quantitative estimate of drug-likeness (QED) is 0.584. The summed E-state index contributed by atoms with van der Waals surface area (Å²) in [6.45, 7) is 4.86. The number of ether oxygens (including phenoxy) is 3. The van der Waals surface area contributed by atoms with E-state index in [1.165, 1.54) is 13.0 Å². The van der Waals surface area contributed by atoms with Crippen LogP contribution in [0.5, 0.6) is 5.75 Å². The number of benzene rings is 1. The van der Waals surface area contributed by atoms with Gasteiger partial charge in [-0.2, -0.15) is 0 Å². The van der Waals surface area contributed by atoms with E-state index in [2.05, 4.69) is 5.32 Å². The number of Topliss-reactive ketones (excluding diaryl/α,β-unsaturated/α-hetero) is 1. The zero-order valence-electron chi connectivity index (χ0n) is 15.3. The zero-order chi connectivity index (χ0) is 19.3. The maximum absolute atomic E-state index is 12.6. The van der Waals surface area contributed by atoms with Crippen LogP contribution in [0.2, 0.25) is 0 Å². The fourth-order valence-corrected chi connectivity index (χ4v) is 2.84. The smallest absolute Gasteiger partial charge is 0.342 e. The van der Waals surface area contributed by atoms with Crippen LogP contribution in [0.25, 0.3) is 0 Å². The van der Waals surface area contributed by atoms with E-state index in [0.29, 0.717) is 16.9 Å². The number of methoxy groups -OCH3 is 1. The Morgan fingerprint density at radius 2 is 1.58 bits per heavy atom. The second-order valence-corrected chi connectivity index (χ2v) is 5.76. The van der Waals surface area contributed by atoms with Crippen molar-refractivity contribution in [1.82, 2.24) is 5.32 Å². The predicted molar refractivity (Wildman–Crippen MR) is 93.6 cm³/mol. The molecule has 0 aromatic heterocycles. The van der Waals surface area contributed by atoms with Crippen LogP contribution >= 0.6 is 0 Å². The van der Waals surface area contributed by atoms with E-state index >= 15 is 0 Å². The van der Waals surface area contributed by atoms with Crippen LogP contribution < -0.4 is 10.1 Å². The summed E-state index contributed by atoms with van der Waals surface area (Å²) in [7, 11) is 1.55. The standard InChI is InChI=1S/C19H23NO6/c1-5-25-17(22)19(18(23)26-6-2)11-15(12(3)21)16(20-19)13-7-9-14(24-4)10-8-13/h7-11,16,20H,5-6H2,1-4H3/t16-/m0/s1. The van der Waals surface area contributed by atoms with Gasteiger partial charge in [-0.1, -0.05) is 12.1 Å². The number of hydrogen-bond acceptors (Lipinski definition) is 7. The van der Waals surface area contributed by atoms with Gasteiger partial charge in [0.1, 0.15) is 5.75 Å². The summed E-state index contributed by atoms with van der Waals surface area (Å²) >= 11 is 0. The van der Waals surface area contributed by atoms with Crippen molar-refractivity contribution >= 4 is 17.7 Å². The van der Waals surface area contributed by atoms with Gasteiger partial charge in [-0.3, -0.25) is 10.1 Å². The molecule has 0 spiro atoms. The van der Waals surface area contributed by atoms with Crippen molar-refractivity contribution in [3.05, 3.63) is 41.5 Å². The molecule has 2 rings (SSSR count). The molecule has 7 nitrogen and oxygen atoms in total. The third-order valence-electron chi connectivity index (χ3n) is 4.11. The Kier molecular flexibility index (Phi) is 6.15. The van der Waals surface area contributed by atoms with Gasteiger partial charge >= 0.3 is 11.9 Å². The molecular weight excluding hydrogens is 338 g/mol. The molecule has 0 aliphatic carbocycles. The lowest BCUT2D eigenvalue weighted by atomic mass is 9.97. The molecule has 0 bridgehead atoms. The highest BCUT2D eigenvalue weighted by Gasteiger charge is 2.54. The van der Waals surface area contributed by atoms with Gasteiger partial charge in [0.2, 0.25) is 5.54 Å². The minimum Gasteiger partial charge on any atom is -0.497 e.